The smallest absolute Gasteiger partial charge is 0.271 e. The number of fused-ring (bicyclic) bond motifs is 2. The van der Waals surface area contributed by atoms with Gasteiger partial charge in [-0.2, -0.15) is 5.10 Å². The Morgan fingerprint density at radius 3 is 2.78 bits per heavy atom. The lowest BCUT2D eigenvalue weighted by atomic mass is 9.98. The molecule has 2 bridgehead atoms. The molecule has 1 amide bonds. The molecule has 6 nitrogen and oxygen atoms in total. The van der Waals surface area contributed by atoms with Gasteiger partial charge in [0, 0.05) is 28.8 Å². The van der Waals surface area contributed by atoms with Crippen LogP contribution in [-0.2, 0) is 6.73 Å². The highest BCUT2D eigenvalue weighted by molar-refractivity contribution is 9.10. The van der Waals surface area contributed by atoms with Crippen LogP contribution in [0.2, 0.25) is 5.02 Å². The van der Waals surface area contributed by atoms with Crippen LogP contribution in [0.15, 0.2) is 34.9 Å². The summed E-state index contributed by atoms with van der Waals surface area (Å²) in [5.41, 5.74) is 0.409. The largest absolute Gasteiger partial charge is 0.470 e. The van der Waals surface area contributed by atoms with Crippen LogP contribution in [0.4, 0.5) is 0 Å². The molecule has 4 rings (SSSR count). The maximum absolute atomic E-state index is 12.5. The fourth-order valence-electron chi connectivity index (χ4n) is 4.07. The predicted molar refractivity (Wildman–Crippen MR) is 107 cm³/mol. The molecule has 2 aliphatic rings. The molecule has 2 aromatic rings. The second-order valence-electron chi connectivity index (χ2n) is 7.28. The van der Waals surface area contributed by atoms with E-state index in [-0.39, 0.29) is 18.7 Å². The normalized spacial score (nSPS) is 24.8. The van der Waals surface area contributed by atoms with Crippen molar-refractivity contribution in [3.8, 4) is 5.75 Å². The molecule has 0 radical (unpaired) electrons. The first kappa shape index (κ1) is 18.8. The molecule has 2 fully saturated rings. The zero-order valence-corrected chi connectivity index (χ0v) is 17.4. The molecule has 1 aromatic heterocycles. The molecular formula is C19H22BrClN4O2. The number of piperidine rings is 1. The van der Waals surface area contributed by atoms with Crippen LogP contribution in [-0.4, -0.2) is 45.8 Å². The third kappa shape index (κ3) is 4.15. The van der Waals surface area contributed by atoms with E-state index in [1.807, 2.05) is 6.07 Å². The van der Waals surface area contributed by atoms with E-state index in [0.717, 1.165) is 17.3 Å². The van der Waals surface area contributed by atoms with Crippen LogP contribution in [0.25, 0.3) is 0 Å². The Bertz CT molecular complexity index is 829. The van der Waals surface area contributed by atoms with Gasteiger partial charge in [-0.05, 0) is 57.0 Å². The van der Waals surface area contributed by atoms with Crippen LogP contribution in [0, 0.1) is 0 Å². The molecule has 27 heavy (non-hydrogen) atoms. The fraction of sp³-hybridized carbons (Fsp3) is 0.474. The zero-order chi connectivity index (χ0) is 19.0. The van der Waals surface area contributed by atoms with Gasteiger partial charge in [0.2, 0.25) is 0 Å². The number of ether oxygens (including phenoxy) is 1. The highest BCUT2D eigenvalue weighted by Crippen LogP contribution is 2.34. The average Bonchev–Trinajstić information content (AvgIpc) is 3.16. The highest BCUT2D eigenvalue weighted by Gasteiger charge is 2.38. The SMILES string of the molecule is CN1C2CCC1CC(NC(=O)c1ccn(COc3ccc(Br)cc3Cl)n1)C2. The van der Waals surface area contributed by atoms with Gasteiger partial charge in [-0.25, -0.2) is 4.68 Å². The van der Waals surface area contributed by atoms with Crippen molar-refractivity contribution in [2.75, 3.05) is 7.05 Å². The lowest BCUT2D eigenvalue weighted by Gasteiger charge is -2.36. The minimum atomic E-state index is -0.121. The molecule has 2 atom stereocenters. The number of carbonyl (C=O) groups is 1. The molecule has 0 saturated carbocycles. The minimum Gasteiger partial charge on any atom is -0.470 e. The Kier molecular flexibility index (Phi) is 5.43. The molecule has 2 aliphatic heterocycles. The van der Waals surface area contributed by atoms with E-state index in [1.165, 1.54) is 12.8 Å². The van der Waals surface area contributed by atoms with Gasteiger partial charge in [0.05, 0.1) is 5.02 Å². The van der Waals surface area contributed by atoms with E-state index in [2.05, 4.69) is 38.3 Å². The Morgan fingerprint density at radius 2 is 2.07 bits per heavy atom. The first-order valence-corrected chi connectivity index (χ1v) is 10.3. The average molecular weight is 454 g/mol. The third-order valence-corrected chi connectivity index (χ3v) is 6.34. The first-order valence-electron chi connectivity index (χ1n) is 9.13. The Morgan fingerprint density at radius 1 is 1.33 bits per heavy atom. The fourth-order valence-corrected chi connectivity index (χ4v) is 4.80. The van der Waals surface area contributed by atoms with E-state index in [1.54, 1.807) is 29.1 Å². The van der Waals surface area contributed by atoms with Crippen molar-refractivity contribution in [2.45, 2.75) is 50.5 Å². The minimum absolute atomic E-state index is 0.121. The summed E-state index contributed by atoms with van der Waals surface area (Å²) in [6.45, 7) is 0.188. The van der Waals surface area contributed by atoms with Gasteiger partial charge in [-0.3, -0.25) is 4.79 Å². The van der Waals surface area contributed by atoms with Gasteiger partial charge in [-0.15, -0.1) is 0 Å². The van der Waals surface area contributed by atoms with Gasteiger partial charge in [0.25, 0.3) is 5.91 Å². The number of nitrogens with one attached hydrogen (secondary N) is 1. The molecule has 2 unspecified atom stereocenters. The number of carbonyl (C=O) groups excluding carboxylic acids is 1. The Labute approximate surface area is 171 Å². The van der Waals surface area contributed by atoms with Crippen molar-refractivity contribution in [3.63, 3.8) is 0 Å². The van der Waals surface area contributed by atoms with Crippen molar-refractivity contribution in [1.82, 2.24) is 20.0 Å². The number of rotatable bonds is 5. The summed E-state index contributed by atoms with van der Waals surface area (Å²) in [6, 6.07) is 8.55. The summed E-state index contributed by atoms with van der Waals surface area (Å²) in [4.78, 5) is 15.0. The molecule has 1 N–H and O–H groups in total. The van der Waals surface area contributed by atoms with E-state index in [4.69, 9.17) is 16.3 Å². The number of hydrogen-bond acceptors (Lipinski definition) is 4. The van der Waals surface area contributed by atoms with Crippen molar-refractivity contribution in [3.05, 3.63) is 45.7 Å². The monoisotopic (exact) mass is 452 g/mol. The zero-order valence-electron chi connectivity index (χ0n) is 15.1. The maximum atomic E-state index is 12.5. The van der Waals surface area contributed by atoms with E-state index < -0.39 is 0 Å². The second kappa shape index (κ2) is 7.81. The molecule has 3 heterocycles. The van der Waals surface area contributed by atoms with Gasteiger partial charge in [0.1, 0.15) is 11.4 Å². The van der Waals surface area contributed by atoms with Crippen LogP contribution < -0.4 is 10.1 Å². The quantitative estimate of drug-likeness (QED) is 0.750. The van der Waals surface area contributed by atoms with Crippen LogP contribution >= 0.6 is 27.5 Å². The molecule has 8 heteroatoms. The van der Waals surface area contributed by atoms with E-state index >= 15 is 0 Å². The third-order valence-electron chi connectivity index (χ3n) is 5.55. The summed E-state index contributed by atoms with van der Waals surface area (Å²) < 4.78 is 8.16. The summed E-state index contributed by atoms with van der Waals surface area (Å²) in [5, 5.41) is 7.99. The van der Waals surface area contributed by atoms with E-state index in [9.17, 15) is 4.79 Å². The standard InChI is InChI=1S/C19H22BrClN4O2/c1-24-14-3-4-15(24)10-13(9-14)22-19(26)17-6-7-25(23-17)11-27-18-5-2-12(20)8-16(18)21/h2,5-8,13-15H,3-4,9-11H2,1H3,(H,22,26). The molecule has 144 valence electrons. The summed E-state index contributed by atoms with van der Waals surface area (Å²) in [6.07, 6.45) is 6.24. The number of hydrogen-bond donors (Lipinski definition) is 1. The molecule has 0 aliphatic carbocycles. The van der Waals surface area contributed by atoms with Gasteiger partial charge in [-0.1, -0.05) is 27.5 Å². The molecular weight excluding hydrogens is 432 g/mol. The van der Waals surface area contributed by atoms with Crippen molar-refractivity contribution in [1.29, 1.82) is 0 Å². The Hall–Kier alpha value is -1.57. The van der Waals surface area contributed by atoms with Crippen LogP contribution in [0.1, 0.15) is 36.2 Å². The van der Waals surface area contributed by atoms with Crippen molar-refractivity contribution >= 4 is 33.4 Å². The maximum Gasteiger partial charge on any atom is 0.271 e. The van der Waals surface area contributed by atoms with Crippen LogP contribution in [0.3, 0.4) is 0 Å². The van der Waals surface area contributed by atoms with Gasteiger partial charge < -0.3 is 15.0 Å². The summed E-state index contributed by atoms with van der Waals surface area (Å²) in [7, 11) is 2.19. The number of halogens is 2. The molecule has 0 spiro atoms. The number of aromatic nitrogens is 2. The van der Waals surface area contributed by atoms with Gasteiger partial charge >= 0.3 is 0 Å². The lowest BCUT2D eigenvalue weighted by molar-refractivity contribution is 0.0875. The number of amides is 1. The predicted octanol–water partition coefficient (Wildman–Crippen LogP) is 3.69. The van der Waals surface area contributed by atoms with Crippen molar-refractivity contribution in [2.24, 2.45) is 0 Å². The van der Waals surface area contributed by atoms with Crippen LogP contribution in [0.5, 0.6) is 5.75 Å². The number of benzene rings is 1. The summed E-state index contributed by atoms with van der Waals surface area (Å²) in [5.74, 6) is 0.451. The topological polar surface area (TPSA) is 59.4 Å². The van der Waals surface area contributed by atoms with Crippen molar-refractivity contribution < 1.29 is 9.53 Å². The first-order chi connectivity index (χ1) is 13.0. The molecule has 2 saturated heterocycles. The summed E-state index contributed by atoms with van der Waals surface area (Å²) >= 11 is 9.51. The molecule has 1 aromatic carbocycles. The van der Waals surface area contributed by atoms with E-state index in [0.29, 0.717) is 28.5 Å². The number of nitrogens with zero attached hydrogens (tertiary/aromatic N) is 3. The second-order valence-corrected chi connectivity index (χ2v) is 8.60. The lowest BCUT2D eigenvalue weighted by Crippen LogP contribution is -2.48. The highest BCUT2D eigenvalue weighted by atomic mass is 79.9. The Balaban J connectivity index is 1.33. The van der Waals surface area contributed by atoms with Gasteiger partial charge in [0.15, 0.2) is 6.73 Å².